The van der Waals surface area contributed by atoms with Crippen LogP contribution >= 0.6 is 35.0 Å². The number of fused-ring (bicyclic) bond motifs is 2. The minimum absolute atomic E-state index is 0.210. The van der Waals surface area contributed by atoms with Crippen LogP contribution in [0.15, 0.2) is 46.5 Å². The van der Waals surface area contributed by atoms with Crippen molar-refractivity contribution < 1.29 is 0 Å². The highest BCUT2D eigenvalue weighted by Crippen LogP contribution is 2.25. The Bertz CT molecular complexity index is 1130. The molecule has 120 valence electrons. The normalized spacial score (nSPS) is 11.4. The van der Waals surface area contributed by atoms with E-state index in [1.165, 1.54) is 16.4 Å². The van der Waals surface area contributed by atoms with Crippen molar-refractivity contribution in [1.82, 2.24) is 29.6 Å². The van der Waals surface area contributed by atoms with Gasteiger partial charge < -0.3 is 0 Å². The Morgan fingerprint density at radius 2 is 1.96 bits per heavy atom. The van der Waals surface area contributed by atoms with Crippen LogP contribution in [-0.4, -0.2) is 29.6 Å². The van der Waals surface area contributed by atoms with E-state index in [2.05, 4.69) is 20.5 Å². The SMILES string of the molecule is O=c1c2ccccc2nnn1CSc1nnc2c(Cl)cc(Cl)cn12. The Labute approximate surface area is 149 Å². The van der Waals surface area contributed by atoms with E-state index in [4.69, 9.17) is 23.2 Å². The highest BCUT2D eigenvalue weighted by Gasteiger charge is 2.12. The second-order valence-corrected chi connectivity index (χ2v) is 6.62. The number of pyridine rings is 1. The minimum atomic E-state index is -0.210. The monoisotopic (exact) mass is 378 g/mol. The standard InChI is InChI=1S/C14H8Cl2N6OS/c15-8-5-10(16)12-18-19-14(21(12)6-8)24-7-22-13(23)9-3-1-2-4-11(9)17-20-22/h1-6H,7H2. The molecule has 0 saturated carbocycles. The summed E-state index contributed by atoms with van der Waals surface area (Å²) in [7, 11) is 0. The molecule has 4 rings (SSSR count). The van der Waals surface area contributed by atoms with Gasteiger partial charge in [0.2, 0.25) is 0 Å². The van der Waals surface area contributed by atoms with E-state index >= 15 is 0 Å². The molecule has 0 aliphatic carbocycles. The molecule has 0 radical (unpaired) electrons. The number of thioether (sulfide) groups is 1. The molecule has 24 heavy (non-hydrogen) atoms. The summed E-state index contributed by atoms with van der Waals surface area (Å²) in [5.41, 5.74) is 0.855. The summed E-state index contributed by atoms with van der Waals surface area (Å²) in [5, 5.41) is 18.0. The first-order valence-electron chi connectivity index (χ1n) is 6.78. The zero-order chi connectivity index (χ0) is 16.7. The number of hydrogen-bond donors (Lipinski definition) is 0. The highest BCUT2D eigenvalue weighted by molar-refractivity contribution is 7.98. The maximum Gasteiger partial charge on any atom is 0.278 e. The summed E-state index contributed by atoms with van der Waals surface area (Å²) in [5.74, 6) is 0.238. The van der Waals surface area contributed by atoms with Gasteiger partial charge in [-0.2, -0.15) is 4.68 Å². The van der Waals surface area contributed by atoms with Crippen molar-refractivity contribution in [2.24, 2.45) is 0 Å². The second kappa shape index (κ2) is 6.04. The number of hydrogen-bond acceptors (Lipinski definition) is 6. The van der Waals surface area contributed by atoms with Crippen molar-refractivity contribution in [2.45, 2.75) is 11.0 Å². The van der Waals surface area contributed by atoms with Crippen LogP contribution in [0.3, 0.4) is 0 Å². The van der Waals surface area contributed by atoms with Crippen molar-refractivity contribution >= 4 is 51.5 Å². The third-order valence-electron chi connectivity index (χ3n) is 3.34. The average Bonchev–Trinajstić information content (AvgIpc) is 2.98. The predicted octanol–water partition coefficient (Wildman–Crippen LogP) is 2.89. The van der Waals surface area contributed by atoms with Gasteiger partial charge in [0.1, 0.15) is 5.52 Å². The van der Waals surface area contributed by atoms with Gasteiger partial charge in [-0.15, -0.1) is 15.3 Å². The minimum Gasteiger partial charge on any atom is -0.275 e. The lowest BCUT2D eigenvalue weighted by Crippen LogP contribution is -2.23. The molecule has 1 aromatic carbocycles. The third kappa shape index (κ3) is 2.62. The Morgan fingerprint density at radius 1 is 1.12 bits per heavy atom. The molecule has 10 heteroatoms. The number of benzene rings is 1. The fourth-order valence-corrected chi connectivity index (χ4v) is 3.52. The van der Waals surface area contributed by atoms with Crippen molar-refractivity contribution in [1.29, 1.82) is 0 Å². The van der Waals surface area contributed by atoms with Crippen molar-refractivity contribution in [3.8, 4) is 0 Å². The Morgan fingerprint density at radius 3 is 2.83 bits per heavy atom. The molecule has 0 unspecified atom stereocenters. The number of rotatable bonds is 3. The first-order valence-corrected chi connectivity index (χ1v) is 8.53. The lowest BCUT2D eigenvalue weighted by molar-refractivity contribution is 0.643. The van der Waals surface area contributed by atoms with E-state index in [0.29, 0.717) is 31.8 Å². The van der Waals surface area contributed by atoms with E-state index in [-0.39, 0.29) is 11.4 Å². The topological polar surface area (TPSA) is 78.0 Å². The van der Waals surface area contributed by atoms with Crippen LogP contribution in [0.4, 0.5) is 0 Å². The molecule has 7 nitrogen and oxygen atoms in total. The molecule has 0 aliphatic rings. The summed E-state index contributed by atoms with van der Waals surface area (Å²) in [6.07, 6.45) is 1.67. The van der Waals surface area contributed by atoms with Crippen molar-refractivity contribution in [3.05, 3.63) is 56.9 Å². The molecule has 0 atom stereocenters. The van der Waals surface area contributed by atoms with E-state index in [1.54, 1.807) is 34.9 Å². The summed E-state index contributed by atoms with van der Waals surface area (Å²) in [4.78, 5) is 12.4. The van der Waals surface area contributed by atoms with Crippen molar-refractivity contribution in [3.63, 3.8) is 0 Å². The van der Waals surface area contributed by atoms with Gasteiger partial charge in [-0.1, -0.05) is 52.3 Å². The molecule has 0 N–H and O–H groups in total. The molecular formula is C14H8Cl2N6OS. The largest absolute Gasteiger partial charge is 0.278 e. The molecule has 0 saturated heterocycles. The number of nitrogens with zero attached hydrogens (tertiary/aromatic N) is 6. The van der Waals surface area contributed by atoms with Crippen LogP contribution in [0.5, 0.6) is 0 Å². The van der Waals surface area contributed by atoms with E-state index in [9.17, 15) is 4.79 Å². The third-order valence-corrected chi connectivity index (χ3v) is 4.74. The summed E-state index contributed by atoms with van der Waals surface area (Å²) < 4.78 is 2.95. The first kappa shape index (κ1) is 15.4. The zero-order valence-corrected chi connectivity index (χ0v) is 14.3. The maximum absolute atomic E-state index is 12.4. The smallest absolute Gasteiger partial charge is 0.275 e. The maximum atomic E-state index is 12.4. The lowest BCUT2D eigenvalue weighted by Gasteiger charge is -2.04. The van der Waals surface area contributed by atoms with Crippen LogP contribution in [0.25, 0.3) is 16.6 Å². The Hall–Kier alpha value is -2.16. The molecule has 0 spiro atoms. The molecule has 3 heterocycles. The van der Waals surface area contributed by atoms with Crippen LogP contribution in [0.1, 0.15) is 0 Å². The van der Waals surface area contributed by atoms with Gasteiger partial charge in [-0.25, -0.2) is 0 Å². The summed E-state index contributed by atoms with van der Waals surface area (Å²) in [6.45, 7) is 0. The Balaban J connectivity index is 1.68. The van der Waals surface area contributed by atoms with Crippen LogP contribution in [0.2, 0.25) is 10.0 Å². The molecule has 0 amide bonds. The van der Waals surface area contributed by atoms with Gasteiger partial charge in [0.25, 0.3) is 5.56 Å². The molecular weight excluding hydrogens is 371 g/mol. The van der Waals surface area contributed by atoms with Gasteiger partial charge in [0, 0.05) is 6.20 Å². The lowest BCUT2D eigenvalue weighted by atomic mass is 10.2. The number of aromatic nitrogens is 6. The average molecular weight is 379 g/mol. The number of halogens is 2. The van der Waals surface area contributed by atoms with Gasteiger partial charge in [0.15, 0.2) is 10.8 Å². The van der Waals surface area contributed by atoms with E-state index in [0.717, 1.165) is 0 Å². The molecule has 0 bridgehead atoms. The molecule has 3 aromatic heterocycles. The van der Waals surface area contributed by atoms with Crippen LogP contribution < -0.4 is 5.56 Å². The summed E-state index contributed by atoms with van der Waals surface area (Å²) >= 11 is 13.4. The quantitative estimate of drug-likeness (QED) is 0.510. The van der Waals surface area contributed by atoms with Crippen LogP contribution in [-0.2, 0) is 5.88 Å². The molecule has 4 aromatic rings. The molecule has 0 aliphatic heterocycles. The highest BCUT2D eigenvalue weighted by atomic mass is 35.5. The first-order chi connectivity index (χ1) is 11.6. The fourth-order valence-electron chi connectivity index (χ4n) is 2.23. The van der Waals surface area contributed by atoms with Crippen LogP contribution in [0, 0.1) is 0 Å². The van der Waals surface area contributed by atoms with Crippen molar-refractivity contribution in [2.75, 3.05) is 0 Å². The van der Waals surface area contributed by atoms with E-state index in [1.807, 2.05) is 6.07 Å². The zero-order valence-electron chi connectivity index (χ0n) is 11.9. The fraction of sp³-hybridized carbons (Fsp3) is 0.0714. The second-order valence-electron chi connectivity index (χ2n) is 4.87. The Kier molecular flexibility index (Phi) is 3.87. The van der Waals surface area contributed by atoms with E-state index < -0.39 is 0 Å². The van der Waals surface area contributed by atoms with Gasteiger partial charge in [-0.05, 0) is 18.2 Å². The molecule has 0 fully saturated rings. The van der Waals surface area contributed by atoms with Gasteiger partial charge >= 0.3 is 0 Å². The summed E-state index contributed by atoms with van der Waals surface area (Å²) in [6, 6.07) is 8.67. The van der Waals surface area contributed by atoms with Gasteiger partial charge in [0.05, 0.1) is 21.3 Å². The van der Waals surface area contributed by atoms with Gasteiger partial charge in [-0.3, -0.25) is 9.20 Å². The predicted molar refractivity (Wildman–Crippen MR) is 92.7 cm³/mol.